The Morgan fingerprint density at radius 3 is 2.44 bits per heavy atom. The first kappa shape index (κ1) is 11.1. The lowest BCUT2D eigenvalue weighted by Gasteiger charge is -2.02. The van der Waals surface area contributed by atoms with Crippen molar-refractivity contribution in [2.75, 3.05) is 0 Å². The summed E-state index contributed by atoms with van der Waals surface area (Å²) in [7, 11) is -3.17. The molecule has 0 amide bonds. The van der Waals surface area contributed by atoms with Crippen molar-refractivity contribution in [2.45, 2.75) is 11.5 Å². The number of phenolic OH excluding ortho intramolecular Hbond substituents is 1. The van der Waals surface area contributed by atoms with Crippen LogP contribution in [0.5, 0.6) is 5.75 Å². The van der Waals surface area contributed by atoms with Crippen molar-refractivity contribution in [1.29, 1.82) is 0 Å². The number of nitrogens with one attached hydrogen (secondary N) is 1. The Balaban J connectivity index is 2.13. The SMILES string of the molecule is O=c1c2c([nH]n1-c1ccc(O)cc1)CS(=O)(=O)C2. The molecule has 1 aliphatic heterocycles. The Hall–Kier alpha value is -2.02. The Kier molecular flexibility index (Phi) is 2.15. The molecule has 0 saturated heterocycles. The number of phenols is 1. The number of rotatable bonds is 1. The molecule has 0 aliphatic carbocycles. The molecule has 2 aromatic rings. The predicted molar refractivity (Wildman–Crippen MR) is 64.4 cm³/mol. The van der Waals surface area contributed by atoms with E-state index >= 15 is 0 Å². The summed E-state index contributed by atoms with van der Waals surface area (Å²) >= 11 is 0. The smallest absolute Gasteiger partial charge is 0.275 e. The molecule has 1 aliphatic rings. The molecule has 6 nitrogen and oxygen atoms in total. The van der Waals surface area contributed by atoms with Crippen molar-refractivity contribution in [3.8, 4) is 11.4 Å². The van der Waals surface area contributed by atoms with E-state index in [2.05, 4.69) is 5.10 Å². The third-order valence-electron chi connectivity index (χ3n) is 2.91. The maximum atomic E-state index is 12.0. The number of hydrogen-bond acceptors (Lipinski definition) is 4. The first-order valence-corrected chi connectivity index (χ1v) is 7.11. The van der Waals surface area contributed by atoms with Crippen LogP contribution in [0.25, 0.3) is 5.69 Å². The molecule has 2 heterocycles. The highest BCUT2D eigenvalue weighted by Crippen LogP contribution is 2.21. The van der Waals surface area contributed by atoms with Gasteiger partial charge in [0.05, 0.1) is 28.5 Å². The summed E-state index contributed by atoms with van der Waals surface area (Å²) in [5.41, 5.74) is 0.970. The molecule has 2 N–H and O–H groups in total. The van der Waals surface area contributed by atoms with Crippen LogP contribution in [0.1, 0.15) is 11.3 Å². The van der Waals surface area contributed by atoms with Crippen LogP contribution in [0.2, 0.25) is 0 Å². The van der Waals surface area contributed by atoms with E-state index in [1.54, 1.807) is 12.1 Å². The fraction of sp³-hybridized carbons (Fsp3) is 0.182. The first-order valence-electron chi connectivity index (χ1n) is 5.29. The van der Waals surface area contributed by atoms with Crippen LogP contribution < -0.4 is 5.56 Å². The molecule has 18 heavy (non-hydrogen) atoms. The van der Waals surface area contributed by atoms with Crippen LogP contribution in [0.15, 0.2) is 29.1 Å². The second-order valence-corrected chi connectivity index (χ2v) is 6.32. The van der Waals surface area contributed by atoms with Gasteiger partial charge in [0.1, 0.15) is 5.75 Å². The Bertz CT molecular complexity index is 768. The van der Waals surface area contributed by atoms with Gasteiger partial charge < -0.3 is 5.11 Å². The molecule has 0 radical (unpaired) electrons. The van der Waals surface area contributed by atoms with Gasteiger partial charge >= 0.3 is 0 Å². The van der Waals surface area contributed by atoms with Crippen LogP contribution in [0, 0.1) is 0 Å². The molecule has 0 unspecified atom stereocenters. The van der Waals surface area contributed by atoms with Crippen LogP contribution in [-0.4, -0.2) is 23.3 Å². The second-order valence-electron chi connectivity index (χ2n) is 4.26. The van der Waals surface area contributed by atoms with Crippen molar-refractivity contribution < 1.29 is 13.5 Å². The minimum atomic E-state index is -3.17. The number of aromatic nitrogens is 2. The fourth-order valence-electron chi connectivity index (χ4n) is 2.06. The van der Waals surface area contributed by atoms with Gasteiger partial charge in [0.25, 0.3) is 5.56 Å². The van der Waals surface area contributed by atoms with Gasteiger partial charge in [-0.25, -0.2) is 13.1 Å². The summed E-state index contributed by atoms with van der Waals surface area (Å²) in [5.74, 6) is -0.223. The maximum Gasteiger partial charge on any atom is 0.275 e. The molecule has 94 valence electrons. The quantitative estimate of drug-likeness (QED) is 0.776. The molecule has 1 aromatic heterocycles. The summed E-state index contributed by atoms with van der Waals surface area (Å²) in [6.45, 7) is 0. The zero-order chi connectivity index (χ0) is 12.9. The average molecular weight is 266 g/mol. The van der Waals surface area contributed by atoms with Crippen molar-refractivity contribution in [3.63, 3.8) is 0 Å². The van der Waals surface area contributed by atoms with Gasteiger partial charge in [-0.2, -0.15) is 0 Å². The highest BCUT2D eigenvalue weighted by atomic mass is 32.2. The molecule has 3 rings (SSSR count). The summed E-state index contributed by atoms with van der Waals surface area (Å²) in [6.07, 6.45) is 0. The lowest BCUT2D eigenvalue weighted by atomic mass is 10.3. The highest BCUT2D eigenvalue weighted by molar-refractivity contribution is 7.90. The molecule has 0 spiro atoms. The molecule has 0 bridgehead atoms. The van der Waals surface area contributed by atoms with Gasteiger partial charge in [0, 0.05) is 0 Å². The number of nitrogens with zero attached hydrogens (tertiary/aromatic N) is 1. The van der Waals surface area contributed by atoms with E-state index in [1.807, 2.05) is 0 Å². The Morgan fingerprint density at radius 2 is 1.83 bits per heavy atom. The standard InChI is InChI=1S/C11H10N2O4S/c14-8-3-1-7(2-4-8)13-11(15)9-5-18(16,17)6-10(9)12-13/h1-4,12,14H,5-6H2. The molecule has 0 saturated carbocycles. The number of hydrogen-bond donors (Lipinski definition) is 2. The topological polar surface area (TPSA) is 92.2 Å². The zero-order valence-corrected chi connectivity index (χ0v) is 10.1. The number of sulfone groups is 1. The highest BCUT2D eigenvalue weighted by Gasteiger charge is 2.30. The van der Waals surface area contributed by atoms with Crippen LogP contribution in [0.4, 0.5) is 0 Å². The van der Waals surface area contributed by atoms with Crippen LogP contribution in [0.3, 0.4) is 0 Å². The predicted octanol–water partition coefficient (Wildman–Crippen LogP) is 0.300. The number of aromatic amines is 1. The average Bonchev–Trinajstić information content (AvgIpc) is 2.75. The first-order chi connectivity index (χ1) is 8.46. The largest absolute Gasteiger partial charge is 0.508 e. The number of H-pyrrole nitrogens is 1. The molecule has 0 atom stereocenters. The van der Waals surface area contributed by atoms with Crippen LogP contribution >= 0.6 is 0 Å². The fourth-order valence-corrected chi connectivity index (χ4v) is 3.58. The minimum Gasteiger partial charge on any atom is -0.508 e. The summed E-state index contributed by atoms with van der Waals surface area (Å²) < 4.78 is 24.1. The van der Waals surface area contributed by atoms with Gasteiger partial charge in [0.15, 0.2) is 9.84 Å². The molecular weight excluding hydrogens is 256 g/mol. The van der Waals surface area contributed by atoms with E-state index in [0.717, 1.165) is 0 Å². The van der Waals surface area contributed by atoms with E-state index in [-0.39, 0.29) is 22.8 Å². The normalized spacial score (nSPS) is 16.7. The lowest BCUT2D eigenvalue weighted by molar-refractivity contribution is 0.475. The number of fused-ring (bicyclic) bond motifs is 1. The Morgan fingerprint density at radius 1 is 1.17 bits per heavy atom. The molecule has 1 aromatic carbocycles. The summed E-state index contributed by atoms with van der Waals surface area (Å²) in [4.78, 5) is 12.0. The Labute approximate surface area is 102 Å². The monoisotopic (exact) mass is 266 g/mol. The van der Waals surface area contributed by atoms with Crippen molar-refractivity contribution >= 4 is 9.84 Å². The summed E-state index contributed by atoms with van der Waals surface area (Å²) in [6, 6.07) is 6.09. The lowest BCUT2D eigenvalue weighted by Crippen LogP contribution is -2.18. The maximum absolute atomic E-state index is 12.0. The van der Waals surface area contributed by atoms with E-state index < -0.39 is 9.84 Å². The van der Waals surface area contributed by atoms with Crippen molar-refractivity contribution in [3.05, 3.63) is 45.9 Å². The number of benzene rings is 1. The van der Waals surface area contributed by atoms with Gasteiger partial charge in [-0.05, 0) is 24.3 Å². The van der Waals surface area contributed by atoms with Crippen LogP contribution in [-0.2, 0) is 21.3 Å². The van der Waals surface area contributed by atoms with E-state index in [4.69, 9.17) is 0 Å². The molecule has 7 heteroatoms. The van der Waals surface area contributed by atoms with E-state index in [9.17, 15) is 18.3 Å². The van der Waals surface area contributed by atoms with Crippen molar-refractivity contribution in [2.24, 2.45) is 0 Å². The second kappa shape index (κ2) is 3.49. The van der Waals surface area contributed by atoms with Crippen molar-refractivity contribution in [1.82, 2.24) is 9.78 Å². The third kappa shape index (κ3) is 1.63. The minimum absolute atomic E-state index is 0.105. The van der Waals surface area contributed by atoms with Gasteiger partial charge in [0.2, 0.25) is 0 Å². The third-order valence-corrected chi connectivity index (χ3v) is 4.37. The van der Waals surface area contributed by atoms with Gasteiger partial charge in [-0.1, -0.05) is 0 Å². The van der Waals surface area contributed by atoms with Gasteiger partial charge in [-0.3, -0.25) is 9.89 Å². The zero-order valence-electron chi connectivity index (χ0n) is 9.25. The molecule has 0 fully saturated rings. The van der Waals surface area contributed by atoms with E-state index in [1.165, 1.54) is 16.8 Å². The number of aromatic hydroxyl groups is 1. The summed E-state index contributed by atoms with van der Waals surface area (Å²) in [5, 5.41) is 12.0. The van der Waals surface area contributed by atoms with Gasteiger partial charge in [-0.15, -0.1) is 0 Å². The molecular formula is C11H10N2O4S. The van der Waals surface area contributed by atoms with E-state index in [0.29, 0.717) is 16.9 Å².